The number of rotatable bonds is 6. The molecular weight excluding hydrogens is 396 g/mol. The Labute approximate surface area is 179 Å². The number of carbonyl (C=O) groups excluding carboxylic acids is 1. The first kappa shape index (κ1) is 21.3. The predicted molar refractivity (Wildman–Crippen MR) is 120 cm³/mol. The Bertz CT molecular complexity index is 1150. The molecular formula is C23H22N4O2S. The van der Waals surface area contributed by atoms with Gasteiger partial charge in [0.05, 0.1) is 10.9 Å². The lowest BCUT2D eigenvalue weighted by Gasteiger charge is -2.13. The van der Waals surface area contributed by atoms with E-state index in [0.29, 0.717) is 22.1 Å². The summed E-state index contributed by atoms with van der Waals surface area (Å²) in [5.74, 6) is -0.201. The first-order valence-corrected chi connectivity index (χ1v) is 10.5. The van der Waals surface area contributed by atoms with Gasteiger partial charge in [0.25, 0.3) is 5.56 Å². The average molecular weight is 419 g/mol. The Balaban J connectivity index is 1.81. The summed E-state index contributed by atoms with van der Waals surface area (Å²) in [4.78, 5) is 32.0. The van der Waals surface area contributed by atoms with Gasteiger partial charge in [0.15, 0.2) is 5.16 Å². The molecule has 1 atom stereocenters. The van der Waals surface area contributed by atoms with Gasteiger partial charge in [0.1, 0.15) is 11.6 Å². The standard InChI is InChI=1S/C23H22N4O2S/c1-4-16-7-11-18(12-8-16)25-21(28)15(3)30-23-26-20(19(13-24)22(29)27-23)17-9-5-14(2)6-10-17/h5-12,15H,4H2,1-3H3,(H,25,28)(H,26,27,29)/t15-/m0/s1. The highest BCUT2D eigenvalue weighted by Crippen LogP contribution is 2.25. The Hall–Kier alpha value is -3.37. The Morgan fingerprint density at radius 1 is 1.20 bits per heavy atom. The van der Waals surface area contributed by atoms with Crippen molar-refractivity contribution < 1.29 is 4.79 Å². The molecule has 0 aliphatic carbocycles. The molecule has 152 valence electrons. The molecule has 3 aromatic rings. The van der Waals surface area contributed by atoms with E-state index in [-0.39, 0.29) is 11.5 Å². The zero-order valence-corrected chi connectivity index (χ0v) is 17.8. The molecule has 0 aliphatic rings. The molecule has 0 saturated carbocycles. The number of aryl methyl sites for hydroxylation is 2. The lowest BCUT2D eigenvalue weighted by Crippen LogP contribution is -2.23. The molecule has 7 heteroatoms. The highest BCUT2D eigenvalue weighted by atomic mass is 32.2. The Kier molecular flexibility index (Phi) is 6.70. The summed E-state index contributed by atoms with van der Waals surface area (Å²) in [5.41, 5.74) is 3.40. The summed E-state index contributed by atoms with van der Waals surface area (Å²) in [6.45, 7) is 5.77. The van der Waals surface area contributed by atoms with Crippen LogP contribution < -0.4 is 10.9 Å². The number of benzene rings is 2. The zero-order valence-electron chi connectivity index (χ0n) is 17.0. The van der Waals surface area contributed by atoms with Crippen molar-refractivity contribution in [1.82, 2.24) is 9.97 Å². The van der Waals surface area contributed by atoms with Crippen LogP contribution in [-0.2, 0) is 11.2 Å². The van der Waals surface area contributed by atoms with Crippen LogP contribution in [0.2, 0.25) is 0 Å². The van der Waals surface area contributed by atoms with Crippen LogP contribution in [0.5, 0.6) is 0 Å². The van der Waals surface area contributed by atoms with Gasteiger partial charge in [0.2, 0.25) is 5.91 Å². The monoisotopic (exact) mass is 418 g/mol. The molecule has 0 bridgehead atoms. The minimum atomic E-state index is -0.520. The minimum absolute atomic E-state index is 0.0451. The zero-order chi connectivity index (χ0) is 21.7. The molecule has 3 rings (SSSR count). The fraction of sp³-hybridized carbons (Fsp3) is 0.217. The first-order chi connectivity index (χ1) is 14.4. The summed E-state index contributed by atoms with van der Waals surface area (Å²) in [6.07, 6.45) is 0.932. The number of anilines is 1. The van der Waals surface area contributed by atoms with Crippen molar-refractivity contribution >= 4 is 23.4 Å². The summed E-state index contributed by atoms with van der Waals surface area (Å²) >= 11 is 1.14. The number of hydrogen-bond acceptors (Lipinski definition) is 5. The van der Waals surface area contributed by atoms with Crippen LogP contribution in [0.1, 0.15) is 30.5 Å². The number of H-pyrrole nitrogens is 1. The van der Waals surface area contributed by atoms with E-state index >= 15 is 0 Å². The van der Waals surface area contributed by atoms with E-state index in [1.807, 2.05) is 61.5 Å². The van der Waals surface area contributed by atoms with Crippen molar-refractivity contribution in [3.63, 3.8) is 0 Å². The maximum absolute atomic E-state index is 12.6. The lowest BCUT2D eigenvalue weighted by molar-refractivity contribution is -0.115. The second-order valence-electron chi connectivity index (χ2n) is 6.87. The van der Waals surface area contributed by atoms with Gasteiger partial charge in [0, 0.05) is 11.3 Å². The van der Waals surface area contributed by atoms with Gasteiger partial charge in [-0.25, -0.2) is 4.98 Å². The van der Waals surface area contributed by atoms with Gasteiger partial charge >= 0.3 is 0 Å². The summed E-state index contributed by atoms with van der Waals surface area (Å²) in [6, 6.07) is 17.0. The molecule has 1 heterocycles. The van der Waals surface area contributed by atoms with Gasteiger partial charge in [-0.2, -0.15) is 5.26 Å². The number of nitriles is 1. The molecule has 2 aromatic carbocycles. The molecule has 0 fully saturated rings. The molecule has 0 unspecified atom stereocenters. The quantitative estimate of drug-likeness (QED) is 0.459. The van der Waals surface area contributed by atoms with E-state index in [4.69, 9.17) is 0 Å². The SMILES string of the molecule is CCc1ccc(NC(=O)[C@H](C)Sc2nc(-c3ccc(C)cc3)c(C#N)c(=O)[nH]2)cc1. The predicted octanol–water partition coefficient (Wildman–Crippen LogP) is 4.30. The van der Waals surface area contributed by atoms with Crippen LogP contribution in [0.3, 0.4) is 0 Å². The van der Waals surface area contributed by atoms with Crippen LogP contribution in [0, 0.1) is 18.3 Å². The molecule has 30 heavy (non-hydrogen) atoms. The normalized spacial score (nSPS) is 11.5. The third-order valence-corrected chi connectivity index (χ3v) is 5.61. The highest BCUT2D eigenvalue weighted by molar-refractivity contribution is 8.00. The summed E-state index contributed by atoms with van der Waals surface area (Å²) < 4.78 is 0. The maximum atomic E-state index is 12.6. The van der Waals surface area contributed by atoms with Crippen LogP contribution in [0.15, 0.2) is 58.5 Å². The van der Waals surface area contributed by atoms with Gasteiger partial charge in [-0.1, -0.05) is 60.6 Å². The van der Waals surface area contributed by atoms with Crippen molar-refractivity contribution in [3.05, 3.63) is 75.6 Å². The second-order valence-corrected chi connectivity index (χ2v) is 8.20. The number of amides is 1. The van der Waals surface area contributed by atoms with Gasteiger partial charge < -0.3 is 10.3 Å². The fourth-order valence-corrected chi connectivity index (χ4v) is 3.62. The van der Waals surface area contributed by atoms with E-state index in [9.17, 15) is 14.9 Å². The van der Waals surface area contributed by atoms with Gasteiger partial charge in [-0.05, 0) is 38.0 Å². The lowest BCUT2D eigenvalue weighted by atomic mass is 10.1. The highest BCUT2D eigenvalue weighted by Gasteiger charge is 2.19. The van der Waals surface area contributed by atoms with Crippen molar-refractivity contribution in [2.45, 2.75) is 37.6 Å². The fourth-order valence-electron chi connectivity index (χ4n) is 2.82. The van der Waals surface area contributed by atoms with E-state index in [0.717, 1.165) is 23.7 Å². The molecule has 1 aromatic heterocycles. The molecule has 6 nitrogen and oxygen atoms in total. The average Bonchev–Trinajstić information content (AvgIpc) is 2.74. The largest absolute Gasteiger partial charge is 0.325 e. The van der Waals surface area contributed by atoms with Crippen molar-refractivity contribution in [3.8, 4) is 17.3 Å². The van der Waals surface area contributed by atoms with Crippen molar-refractivity contribution in [1.29, 1.82) is 5.26 Å². The van der Waals surface area contributed by atoms with E-state index in [1.165, 1.54) is 5.56 Å². The van der Waals surface area contributed by atoms with Crippen molar-refractivity contribution in [2.24, 2.45) is 0 Å². The molecule has 2 N–H and O–H groups in total. The smallest absolute Gasteiger partial charge is 0.270 e. The van der Waals surface area contributed by atoms with Crippen LogP contribution in [-0.4, -0.2) is 21.1 Å². The topological polar surface area (TPSA) is 98.6 Å². The number of carbonyl (C=O) groups is 1. The second kappa shape index (κ2) is 9.42. The molecule has 0 radical (unpaired) electrons. The van der Waals surface area contributed by atoms with Crippen LogP contribution in [0.4, 0.5) is 5.69 Å². The third-order valence-electron chi connectivity index (χ3n) is 4.62. The Morgan fingerprint density at radius 3 is 2.47 bits per heavy atom. The number of aromatic nitrogens is 2. The molecule has 0 aliphatic heterocycles. The van der Waals surface area contributed by atoms with E-state index < -0.39 is 10.8 Å². The van der Waals surface area contributed by atoms with Gasteiger partial charge in [-0.15, -0.1) is 0 Å². The van der Waals surface area contributed by atoms with Crippen molar-refractivity contribution in [2.75, 3.05) is 5.32 Å². The number of aromatic amines is 1. The van der Waals surface area contributed by atoms with Crippen LogP contribution in [0.25, 0.3) is 11.3 Å². The van der Waals surface area contributed by atoms with Crippen LogP contribution >= 0.6 is 11.8 Å². The number of hydrogen-bond donors (Lipinski definition) is 2. The third kappa shape index (κ3) is 4.97. The number of nitrogens with zero attached hydrogens (tertiary/aromatic N) is 2. The van der Waals surface area contributed by atoms with Gasteiger partial charge in [-0.3, -0.25) is 9.59 Å². The first-order valence-electron chi connectivity index (χ1n) is 9.59. The number of nitrogens with one attached hydrogen (secondary N) is 2. The summed E-state index contributed by atoms with van der Waals surface area (Å²) in [7, 11) is 0. The molecule has 0 saturated heterocycles. The Morgan fingerprint density at radius 2 is 1.87 bits per heavy atom. The summed E-state index contributed by atoms with van der Waals surface area (Å²) in [5, 5.41) is 12.1. The van der Waals surface area contributed by atoms with E-state index in [1.54, 1.807) is 6.92 Å². The number of thioether (sulfide) groups is 1. The maximum Gasteiger partial charge on any atom is 0.270 e. The minimum Gasteiger partial charge on any atom is -0.325 e. The van der Waals surface area contributed by atoms with E-state index in [2.05, 4.69) is 22.2 Å². The molecule has 0 spiro atoms. The molecule has 1 amide bonds.